The minimum atomic E-state index is -0.472. The number of likely N-dealkylation sites (tertiary alicyclic amines) is 1. The van der Waals surface area contributed by atoms with E-state index in [0.717, 1.165) is 12.8 Å². The van der Waals surface area contributed by atoms with Crippen molar-refractivity contribution in [1.82, 2.24) is 15.0 Å². The Balaban J connectivity index is 1.82. The summed E-state index contributed by atoms with van der Waals surface area (Å²) in [6.07, 6.45) is 1.23. The van der Waals surface area contributed by atoms with Crippen LogP contribution in [-0.2, 0) is 16.1 Å². The predicted molar refractivity (Wildman–Crippen MR) is 88.6 cm³/mol. The quantitative estimate of drug-likeness (QED) is 0.835. The average molecular weight is 339 g/mol. The van der Waals surface area contributed by atoms with E-state index in [0.29, 0.717) is 31.4 Å². The molecule has 0 N–H and O–H groups in total. The number of hydrogen-bond acceptors (Lipinski definition) is 6. The van der Waals surface area contributed by atoms with E-state index >= 15 is 0 Å². The van der Waals surface area contributed by atoms with Crippen LogP contribution in [0.25, 0.3) is 0 Å². The van der Waals surface area contributed by atoms with Gasteiger partial charge in [-0.2, -0.15) is 4.98 Å². The Bertz CT molecular complexity index is 554. The number of carbonyl (C=O) groups is 1. The van der Waals surface area contributed by atoms with Crippen LogP contribution in [0.3, 0.4) is 0 Å². The fourth-order valence-electron chi connectivity index (χ4n) is 2.43. The predicted octanol–water partition coefficient (Wildman–Crippen LogP) is 3.50. The second-order valence-corrected chi connectivity index (χ2v) is 7.91. The van der Waals surface area contributed by atoms with Crippen LogP contribution in [0.5, 0.6) is 0 Å². The molecule has 0 radical (unpaired) electrons. The van der Waals surface area contributed by atoms with Gasteiger partial charge in [-0.3, -0.25) is 0 Å². The van der Waals surface area contributed by atoms with Crippen LogP contribution in [0, 0.1) is 0 Å². The fourth-order valence-corrected chi connectivity index (χ4v) is 2.43. The van der Waals surface area contributed by atoms with Crippen LogP contribution in [0.15, 0.2) is 4.52 Å². The van der Waals surface area contributed by atoms with Crippen molar-refractivity contribution in [3.8, 4) is 0 Å². The lowest BCUT2D eigenvalue weighted by molar-refractivity contribution is -0.0876. The number of piperidine rings is 1. The fraction of sp³-hybridized carbons (Fsp3) is 0.824. The molecule has 0 atom stereocenters. The van der Waals surface area contributed by atoms with Crippen molar-refractivity contribution in [3.05, 3.63) is 11.7 Å². The number of rotatable bonds is 4. The van der Waals surface area contributed by atoms with Crippen molar-refractivity contribution < 1.29 is 18.8 Å². The molecular formula is C17H29N3O4. The van der Waals surface area contributed by atoms with Gasteiger partial charge in [0.05, 0.1) is 5.60 Å². The van der Waals surface area contributed by atoms with Crippen molar-refractivity contribution in [2.24, 2.45) is 0 Å². The monoisotopic (exact) mass is 339 g/mol. The highest BCUT2D eigenvalue weighted by Crippen LogP contribution is 2.28. The van der Waals surface area contributed by atoms with Gasteiger partial charge in [0.1, 0.15) is 12.2 Å². The van der Waals surface area contributed by atoms with Crippen molar-refractivity contribution >= 4 is 6.09 Å². The first-order valence-electron chi connectivity index (χ1n) is 8.52. The van der Waals surface area contributed by atoms with Crippen LogP contribution in [0.1, 0.15) is 72.0 Å². The zero-order valence-corrected chi connectivity index (χ0v) is 15.6. The summed E-state index contributed by atoms with van der Waals surface area (Å²) in [7, 11) is 0. The van der Waals surface area contributed by atoms with Crippen molar-refractivity contribution in [2.75, 3.05) is 13.1 Å². The Labute approximate surface area is 143 Å². The molecule has 24 heavy (non-hydrogen) atoms. The van der Waals surface area contributed by atoms with Gasteiger partial charge < -0.3 is 18.9 Å². The van der Waals surface area contributed by atoms with Gasteiger partial charge in [-0.25, -0.2) is 4.79 Å². The zero-order chi connectivity index (χ0) is 18.0. The highest BCUT2D eigenvalue weighted by atomic mass is 16.6. The number of hydrogen-bond donors (Lipinski definition) is 0. The maximum Gasteiger partial charge on any atom is 0.410 e. The number of amides is 1. The minimum absolute atomic E-state index is 0.232. The second-order valence-electron chi connectivity index (χ2n) is 7.91. The standard InChI is InChI=1S/C17H29N3O4/c1-12(2)14-18-13(24-19-14)11-22-17(6)7-9-20(10-8-17)15(21)23-16(3,4)5/h12H,7-11H2,1-6H3. The molecular weight excluding hydrogens is 310 g/mol. The van der Waals surface area contributed by atoms with Gasteiger partial charge in [-0.15, -0.1) is 0 Å². The topological polar surface area (TPSA) is 77.7 Å². The molecule has 136 valence electrons. The third-order valence-corrected chi connectivity index (χ3v) is 4.02. The Hall–Kier alpha value is -1.63. The lowest BCUT2D eigenvalue weighted by Crippen LogP contribution is -2.47. The Morgan fingerprint density at radius 2 is 1.96 bits per heavy atom. The molecule has 1 saturated heterocycles. The molecule has 0 unspecified atom stereocenters. The van der Waals surface area contributed by atoms with Crippen molar-refractivity contribution in [3.63, 3.8) is 0 Å². The zero-order valence-electron chi connectivity index (χ0n) is 15.6. The number of aromatic nitrogens is 2. The van der Waals surface area contributed by atoms with Crippen LogP contribution in [0.4, 0.5) is 4.79 Å². The van der Waals surface area contributed by atoms with Crippen LogP contribution in [-0.4, -0.2) is 45.4 Å². The molecule has 0 bridgehead atoms. The van der Waals surface area contributed by atoms with Gasteiger partial charge in [0.25, 0.3) is 5.89 Å². The molecule has 7 heteroatoms. The largest absolute Gasteiger partial charge is 0.444 e. The van der Waals surface area contributed by atoms with E-state index in [1.54, 1.807) is 4.90 Å². The maximum absolute atomic E-state index is 12.1. The molecule has 1 fully saturated rings. The van der Waals surface area contributed by atoms with E-state index in [1.807, 2.05) is 34.6 Å². The molecule has 1 amide bonds. The van der Waals surface area contributed by atoms with Crippen molar-refractivity contribution in [2.45, 2.75) is 78.1 Å². The summed E-state index contributed by atoms with van der Waals surface area (Å²) >= 11 is 0. The maximum atomic E-state index is 12.1. The van der Waals surface area contributed by atoms with Gasteiger partial charge in [-0.05, 0) is 40.5 Å². The summed E-state index contributed by atoms with van der Waals surface area (Å²) in [5.74, 6) is 1.42. The Morgan fingerprint density at radius 3 is 2.46 bits per heavy atom. The first kappa shape index (κ1) is 18.7. The summed E-state index contributed by atoms with van der Waals surface area (Å²) in [6, 6.07) is 0. The Kier molecular flexibility index (Phi) is 5.52. The SMILES string of the molecule is CC(C)c1noc(COC2(C)CCN(C(=O)OC(C)(C)C)CC2)n1. The molecule has 1 aromatic heterocycles. The first-order chi connectivity index (χ1) is 11.1. The van der Waals surface area contributed by atoms with Crippen LogP contribution in [0.2, 0.25) is 0 Å². The summed E-state index contributed by atoms with van der Waals surface area (Å²) in [5.41, 5.74) is -0.772. The van der Waals surface area contributed by atoms with Gasteiger partial charge >= 0.3 is 6.09 Å². The summed E-state index contributed by atoms with van der Waals surface area (Å²) in [6.45, 7) is 13.2. The summed E-state index contributed by atoms with van der Waals surface area (Å²) in [4.78, 5) is 18.2. The molecule has 7 nitrogen and oxygen atoms in total. The molecule has 0 aliphatic carbocycles. The highest BCUT2D eigenvalue weighted by molar-refractivity contribution is 5.68. The number of carbonyl (C=O) groups excluding carboxylic acids is 1. The summed E-state index contributed by atoms with van der Waals surface area (Å²) < 4.78 is 16.6. The van der Waals surface area contributed by atoms with Gasteiger partial charge in [0.2, 0.25) is 0 Å². The Morgan fingerprint density at radius 1 is 1.33 bits per heavy atom. The van der Waals surface area contributed by atoms with E-state index in [-0.39, 0.29) is 17.6 Å². The second kappa shape index (κ2) is 7.09. The summed E-state index contributed by atoms with van der Waals surface area (Å²) in [5, 5.41) is 3.94. The third kappa shape index (κ3) is 5.19. The lowest BCUT2D eigenvalue weighted by Gasteiger charge is -2.39. The van der Waals surface area contributed by atoms with Gasteiger partial charge in [0, 0.05) is 19.0 Å². The van der Waals surface area contributed by atoms with E-state index < -0.39 is 5.60 Å². The third-order valence-electron chi connectivity index (χ3n) is 4.02. The van der Waals surface area contributed by atoms with Crippen LogP contribution >= 0.6 is 0 Å². The molecule has 1 aliphatic rings. The highest BCUT2D eigenvalue weighted by Gasteiger charge is 2.34. The van der Waals surface area contributed by atoms with E-state index in [2.05, 4.69) is 17.1 Å². The molecule has 0 saturated carbocycles. The number of ether oxygens (including phenoxy) is 2. The lowest BCUT2D eigenvalue weighted by atomic mass is 9.93. The van der Waals surface area contributed by atoms with E-state index in [9.17, 15) is 4.79 Å². The molecule has 1 aromatic rings. The number of nitrogens with zero attached hydrogens (tertiary/aromatic N) is 3. The first-order valence-corrected chi connectivity index (χ1v) is 8.52. The smallest absolute Gasteiger partial charge is 0.410 e. The molecule has 1 aliphatic heterocycles. The molecule has 0 spiro atoms. The average Bonchev–Trinajstić information content (AvgIpc) is 2.93. The minimum Gasteiger partial charge on any atom is -0.444 e. The van der Waals surface area contributed by atoms with Crippen molar-refractivity contribution in [1.29, 1.82) is 0 Å². The molecule has 2 rings (SSSR count). The van der Waals surface area contributed by atoms with Gasteiger partial charge in [-0.1, -0.05) is 19.0 Å². The van der Waals surface area contributed by atoms with Crippen LogP contribution < -0.4 is 0 Å². The molecule has 0 aromatic carbocycles. The van der Waals surface area contributed by atoms with Gasteiger partial charge in [0.15, 0.2) is 5.82 Å². The van der Waals surface area contributed by atoms with E-state index in [1.165, 1.54) is 0 Å². The normalized spacial score (nSPS) is 18.0. The molecule has 2 heterocycles. The van der Waals surface area contributed by atoms with E-state index in [4.69, 9.17) is 14.0 Å².